The lowest BCUT2D eigenvalue weighted by Crippen LogP contribution is -2.58. The quantitative estimate of drug-likeness (QED) is 0.0168. The minimum absolute atomic E-state index is 0.0154. The van der Waals surface area contributed by atoms with Crippen LogP contribution in [0.15, 0.2) is 89.9 Å². The molecule has 0 radical (unpaired) electrons. The Bertz CT molecular complexity index is 2790. The van der Waals surface area contributed by atoms with Crippen LogP contribution in [0.25, 0.3) is 10.8 Å². The van der Waals surface area contributed by atoms with E-state index in [-0.39, 0.29) is 75.1 Å². The van der Waals surface area contributed by atoms with Crippen LogP contribution < -0.4 is 48.7 Å². The van der Waals surface area contributed by atoms with Crippen LogP contribution in [-0.4, -0.2) is 133 Å². The number of halogens is 1. The number of phenols is 1. The molecule has 1 unspecified atom stereocenters. The largest absolute Gasteiger partial charge is 0.507 e. The van der Waals surface area contributed by atoms with Crippen LogP contribution in [0, 0.1) is 10.5 Å². The number of hydrogen-bond donors (Lipinski definition) is 10. The predicted octanol–water partition coefficient (Wildman–Crippen LogP) is 4.02. The molecule has 5 atom stereocenters. The van der Waals surface area contributed by atoms with Crippen LogP contribution in [0.5, 0.6) is 5.75 Å². The highest BCUT2D eigenvalue weighted by Gasteiger charge is 2.36. The topological polar surface area (TPSA) is 309 Å². The summed E-state index contributed by atoms with van der Waals surface area (Å²) in [6.07, 6.45) is 6.83. The van der Waals surface area contributed by atoms with Crippen LogP contribution in [0.1, 0.15) is 113 Å². The fourth-order valence-electron chi connectivity index (χ4n) is 9.41. The van der Waals surface area contributed by atoms with Crippen molar-refractivity contribution < 1.29 is 43.5 Å². The number of likely N-dealkylation sites (N-methyl/N-ethyl adjacent to an activating group) is 1. The van der Waals surface area contributed by atoms with Crippen molar-refractivity contribution in [1.82, 2.24) is 42.1 Å². The number of nitrogens with zero attached hydrogens (tertiary/aromatic N) is 2. The number of aryl methyl sites for hydroxylation is 2. The molecule has 1 aliphatic rings. The molecule has 1 fully saturated rings. The molecule has 8 amide bonds. The molecule has 12 N–H and O–H groups in total. The molecule has 4 aromatic carbocycles. The Kier molecular flexibility index (Phi) is 27.3. The van der Waals surface area contributed by atoms with Gasteiger partial charge in [-0.2, -0.15) is 0 Å². The minimum atomic E-state index is -1.23. The standard InChI is InChI=1S/C60H82IN11O9/c1-39-22-24-41(25-23-39)14-11-21-54(75)65-30-10-8-17-47(63)56(77)67-31-9-4-5-20-53(74)66-33-13-19-51-59(80)70-48(18-12-32-64-40(2)62)58(79)71-49(36-42-26-28-44-15-6-7-16-45(44)34-42)57(78)68-38-55(76)69-50(60(81)72(51)3)37-43-27-29-52(73)46(61)35-43/h6-7,15-16,22-29,34-35,47-51,73H,4-5,8-14,17-21,30-33,36-38,63H2,1-3H3,(H2,62,64)(H,65,75)(H,66,74)(H,67,77)(H,68,78)(H,69,76)(H,70,80)(H,71,79)/t47?,48-,49-,50+,51+/m0/s1. The maximum Gasteiger partial charge on any atom is 0.245 e. The molecule has 81 heavy (non-hydrogen) atoms. The summed E-state index contributed by atoms with van der Waals surface area (Å²) < 4.78 is 0.516. The highest BCUT2D eigenvalue weighted by molar-refractivity contribution is 14.1. The van der Waals surface area contributed by atoms with E-state index in [0.717, 1.165) is 29.2 Å². The molecule has 438 valence electrons. The van der Waals surface area contributed by atoms with Gasteiger partial charge in [0.25, 0.3) is 0 Å². The van der Waals surface area contributed by atoms with E-state index < -0.39 is 66.3 Å². The highest BCUT2D eigenvalue weighted by atomic mass is 127. The molecular formula is C60H82IN11O9. The summed E-state index contributed by atoms with van der Waals surface area (Å²) in [5.41, 5.74) is 15.7. The number of aromatic hydroxyl groups is 1. The number of carbonyl (C=O) groups excluding carboxylic acids is 8. The van der Waals surface area contributed by atoms with Gasteiger partial charge in [-0.05, 0) is 147 Å². The molecule has 0 spiro atoms. The zero-order valence-electron chi connectivity index (χ0n) is 47.0. The number of nitrogens with two attached hydrogens (primary N) is 2. The van der Waals surface area contributed by atoms with Gasteiger partial charge in [0.2, 0.25) is 47.3 Å². The number of amidine groups is 1. The van der Waals surface area contributed by atoms with E-state index in [1.807, 2.05) is 72.0 Å². The lowest BCUT2D eigenvalue weighted by Gasteiger charge is -2.32. The van der Waals surface area contributed by atoms with Crippen LogP contribution in [0.3, 0.4) is 0 Å². The van der Waals surface area contributed by atoms with E-state index in [1.165, 1.54) is 29.1 Å². The van der Waals surface area contributed by atoms with Crippen molar-refractivity contribution in [2.75, 3.05) is 39.8 Å². The molecule has 1 aliphatic heterocycles. The van der Waals surface area contributed by atoms with E-state index in [2.05, 4.69) is 66.5 Å². The van der Waals surface area contributed by atoms with Gasteiger partial charge in [-0.25, -0.2) is 0 Å². The Labute approximate surface area is 489 Å². The number of hydrogen-bond acceptors (Lipinski definition) is 11. The van der Waals surface area contributed by atoms with Gasteiger partial charge < -0.3 is 58.7 Å². The number of benzene rings is 4. The maximum atomic E-state index is 14.6. The monoisotopic (exact) mass is 1230 g/mol. The van der Waals surface area contributed by atoms with Gasteiger partial charge in [-0.3, -0.25) is 43.3 Å². The number of fused-ring (bicyclic) bond motifs is 1. The van der Waals surface area contributed by atoms with Gasteiger partial charge in [0.05, 0.1) is 22.0 Å². The van der Waals surface area contributed by atoms with Crippen molar-refractivity contribution in [3.8, 4) is 5.75 Å². The van der Waals surface area contributed by atoms with Gasteiger partial charge in [0, 0.05) is 58.9 Å². The number of amides is 8. The van der Waals surface area contributed by atoms with Crippen molar-refractivity contribution in [3.63, 3.8) is 0 Å². The Balaban J connectivity index is 1.15. The summed E-state index contributed by atoms with van der Waals surface area (Å²) in [6.45, 7) is 4.51. The molecule has 4 aromatic rings. The molecule has 0 aromatic heterocycles. The summed E-state index contributed by atoms with van der Waals surface area (Å²) >= 11 is 1.96. The van der Waals surface area contributed by atoms with E-state index in [4.69, 9.17) is 11.5 Å². The normalized spacial score (nSPS) is 17.9. The number of nitrogens with one attached hydrogen (secondary N) is 7. The maximum absolute atomic E-state index is 14.6. The summed E-state index contributed by atoms with van der Waals surface area (Å²) in [5, 5.41) is 32.0. The second kappa shape index (κ2) is 34.2. The molecule has 1 saturated heterocycles. The first-order valence-corrected chi connectivity index (χ1v) is 29.2. The molecule has 0 aliphatic carbocycles. The second-order valence-corrected chi connectivity index (χ2v) is 22.0. The van der Waals surface area contributed by atoms with E-state index in [1.54, 1.807) is 19.1 Å². The fraction of sp³-hybridized carbons (Fsp3) is 0.483. The molecule has 20 nitrogen and oxygen atoms in total. The lowest BCUT2D eigenvalue weighted by atomic mass is 10.00. The van der Waals surface area contributed by atoms with Crippen LogP contribution >= 0.6 is 22.6 Å². The first-order valence-electron chi connectivity index (χ1n) is 28.1. The number of unbranched alkanes of at least 4 members (excludes halogenated alkanes) is 3. The molecule has 21 heteroatoms. The van der Waals surface area contributed by atoms with Gasteiger partial charge in [0.15, 0.2) is 0 Å². The average molecular weight is 1230 g/mol. The second-order valence-electron chi connectivity index (χ2n) is 20.9. The van der Waals surface area contributed by atoms with Gasteiger partial charge >= 0.3 is 0 Å². The van der Waals surface area contributed by atoms with Crippen molar-refractivity contribution in [2.24, 2.45) is 16.5 Å². The Hall–Kier alpha value is -7.14. The fourth-order valence-corrected chi connectivity index (χ4v) is 9.99. The van der Waals surface area contributed by atoms with Crippen molar-refractivity contribution in [3.05, 3.63) is 111 Å². The minimum Gasteiger partial charge on any atom is -0.507 e. The average Bonchev–Trinajstić information content (AvgIpc) is 3.45. The smallest absolute Gasteiger partial charge is 0.245 e. The van der Waals surface area contributed by atoms with Gasteiger partial charge in [0.1, 0.15) is 29.9 Å². The summed E-state index contributed by atoms with van der Waals surface area (Å²) in [4.78, 5) is 115. The predicted molar refractivity (Wildman–Crippen MR) is 322 cm³/mol. The van der Waals surface area contributed by atoms with E-state index in [0.29, 0.717) is 79.4 Å². The molecule has 0 bridgehead atoms. The SMILES string of the molecule is CC(N)=NCCC[C@@H]1NC(=O)[C@@H](CCCNC(=O)CCCCCNC(=O)C(N)CCCCNC(=O)CCCc2ccc(C)cc2)N(C)C(=O)[C@@H](Cc2ccc(O)c(I)c2)NC(=O)CNC(=O)[C@H](Cc2ccc3ccccc3c2)NC1=O. The zero-order chi connectivity index (χ0) is 58.7. The van der Waals surface area contributed by atoms with Crippen molar-refractivity contribution in [1.29, 1.82) is 0 Å². The van der Waals surface area contributed by atoms with Crippen LogP contribution in [0.2, 0.25) is 0 Å². The summed E-state index contributed by atoms with van der Waals surface area (Å²) in [5.74, 6) is -3.37. The lowest BCUT2D eigenvalue weighted by molar-refractivity contribution is -0.142. The first kappa shape index (κ1) is 64.7. The van der Waals surface area contributed by atoms with E-state index >= 15 is 0 Å². The third-order valence-corrected chi connectivity index (χ3v) is 15.0. The summed E-state index contributed by atoms with van der Waals surface area (Å²) in [7, 11) is 1.44. The van der Waals surface area contributed by atoms with Gasteiger partial charge in [-0.1, -0.05) is 84.8 Å². The molecule has 5 rings (SSSR count). The van der Waals surface area contributed by atoms with Crippen molar-refractivity contribution in [2.45, 2.75) is 147 Å². The third kappa shape index (κ3) is 23.1. The Morgan fingerprint density at radius 2 is 1.32 bits per heavy atom. The molecule has 1 heterocycles. The van der Waals surface area contributed by atoms with Crippen molar-refractivity contribution >= 4 is 86.5 Å². The molecular weight excluding hydrogens is 1150 g/mol. The van der Waals surface area contributed by atoms with Crippen LogP contribution in [0.4, 0.5) is 0 Å². The number of carbonyl (C=O) groups is 8. The highest BCUT2D eigenvalue weighted by Crippen LogP contribution is 2.22. The Morgan fingerprint density at radius 1 is 0.691 bits per heavy atom. The van der Waals surface area contributed by atoms with Crippen LogP contribution in [-0.2, 0) is 57.6 Å². The Morgan fingerprint density at radius 3 is 2.05 bits per heavy atom. The zero-order valence-corrected chi connectivity index (χ0v) is 49.1. The number of phenolic OH excluding ortho intramolecular Hbond substituents is 1. The number of rotatable bonds is 28. The third-order valence-electron chi connectivity index (χ3n) is 14.1. The molecule has 0 saturated carbocycles. The first-order chi connectivity index (χ1) is 38.9. The van der Waals surface area contributed by atoms with E-state index in [9.17, 15) is 43.5 Å². The summed E-state index contributed by atoms with van der Waals surface area (Å²) in [6, 6.07) is 21.0. The van der Waals surface area contributed by atoms with Gasteiger partial charge in [-0.15, -0.1) is 0 Å². The number of aliphatic imine (C=N–C) groups is 1.